The molecule has 0 saturated carbocycles. The van der Waals surface area contributed by atoms with Crippen molar-refractivity contribution in [3.8, 4) is 21.6 Å². The second kappa shape index (κ2) is 4.98. The van der Waals surface area contributed by atoms with E-state index in [9.17, 15) is 0 Å². The lowest BCUT2D eigenvalue weighted by Gasteiger charge is -2.08. The van der Waals surface area contributed by atoms with Crippen molar-refractivity contribution in [2.24, 2.45) is 0 Å². The van der Waals surface area contributed by atoms with Crippen LogP contribution in [0.2, 0.25) is 0 Å². The summed E-state index contributed by atoms with van der Waals surface area (Å²) in [5.41, 5.74) is 4.92. The van der Waals surface area contributed by atoms with E-state index in [1.807, 2.05) is 6.07 Å². The predicted octanol–water partition coefficient (Wildman–Crippen LogP) is 5.09. The first-order valence-electron chi connectivity index (χ1n) is 6.34. The Bertz CT molecular complexity index is 698. The third-order valence-electron chi connectivity index (χ3n) is 3.16. The van der Waals surface area contributed by atoms with Crippen LogP contribution in [0.25, 0.3) is 21.6 Å². The summed E-state index contributed by atoms with van der Waals surface area (Å²) in [6, 6.07) is 19.1. The highest BCUT2D eigenvalue weighted by Gasteiger charge is 2.12. The van der Waals surface area contributed by atoms with E-state index in [0.29, 0.717) is 0 Å². The summed E-state index contributed by atoms with van der Waals surface area (Å²) in [5, 5.41) is 1.12. The second-order valence-electron chi connectivity index (χ2n) is 4.56. The molecule has 0 amide bonds. The summed E-state index contributed by atoms with van der Waals surface area (Å²) in [6.07, 6.45) is 0. The molecular formula is C17H15NS. The summed E-state index contributed by atoms with van der Waals surface area (Å²) >= 11 is 1.77. The molecule has 1 heterocycles. The number of rotatable bonds is 2. The number of benzene rings is 2. The van der Waals surface area contributed by atoms with Crippen LogP contribution in [-0.4, -0.2) is 4.98 Å². The van der Waals surface area contributed by atoms with Gasteiger partial charge in [0.15, 0.2) is 0 Å². The van der Waals surface area contributed by atoms with E-state index in [-0.39, 0.29) is 0 Å². The van der Waals surface area contributed by atoms with E-state index in [2.05, 4.69) is 67.4 Å². The van der Waals surface area contributed by atoms with Gasteiger partial charge in [-0.2, -0.15) is 0 Å². The van der Waals surface area contributed by atoms with Gasteiger partial charge in [-0.1, -0.05) is 54.6 Å². The van der Waals surface area contributed by atoms with Gasteiger partial charge in [0.05, 0.1) is 15.6 Å². The molecule has 0 spiro atoms. The lowest BCUT2D eigenvalue weighted by Crippen LogP contribution is -1.84. The second-order valence-corrected chi connectivity index (χ2v) is 5.76. The first-order chi connectivity index (χ1) is 9.25. The molecule has 0 aliphatic carbocycles. The standard InChI is InChI=1S/C17H15NS/c1-12-17(19-13(2)18-12)16-11-7-6-10-15(16)14-8-4-3-5-9-14/h3-11H,1-2H3. The lowest BCUT2D eigenvalue weighted by molar-refractivity contribution is 1.20. The van der Waals surface area contributed by atoms with Crippen LogP contribution in [0.3, 0.4) is 0 Å². The third-order valence-corrected chi connectivity index (χ3v) is 4.27. The molecule has 2 heteroatoms. The maximum Gasteiger partial charge on any atom is 0.0903 e. The highest BCUT2D eigenvalue weighted by atomic mass is 32.1. The zero-order valence-electron chi connectivity index (χ0n) is 11.1. The number of aryl methyl sites for hydroxylation is 2. The molecule has 19 heavy (non-hydrogen) atoms. The van der Waals surface area contributed by atoms with Crippen LogP contribution in [0, 0.1) is 13.8 Å². The minimum Gasteiger partial charge on any atom is -0.246 e. The Labute approximate surface area is 117 Å². The van der Waals surface area contributed by atoms with E-state index in [0.717, 1.165) is 10.7 Å². The Morgan fingerprint density at radius 2 is 1.42 bits per heavy atom. The Morgan fingerprint density at radius 1 is 0.789 bits per heavy atom. The number of aromatic nitrogens is 1. The van der Waals surface area contributed by atoms with Gasteiger partial charge >= 0.3 is 0 Å². The molecule has 0 aliphatic heterocycles. The molecule has 3 aromatic rings. The zero-order valence-corrected chi connectivity index (χ0v) is 11.9. The van der Waals surface area contributed by atoms with Gasteiger partial charge in [-0.25, -0.2) is 4.98 Å². The Kier molecular flexibility index (Phi) is 3.18. The molecule has 0 radical (unpaired) electrons. The molecule has 2 aromatic carbocycles. The fraction of sp³-hybridized carbons (Fsp3) is 0.118. The van der Waals surface area contributed by atoms with Crippen molar-refractivity contribution in [1.82, 2.24) is 4.98 Å². The molecule has 0 bridgehead atoms. The molecule has 0 saturated heterocycles. The maximum atomic E-state index is 4.54. The summed E-state index contributed by atoms with van der Waals surface area (Å²) in [6.45, 7) is 4.15. The first-order valence-corrected chi connectivity index (χ1v) is 7.16. The van der Waals surface area contributed by atoms with Gasteiger partial charge in [-0.3, -0.25) is 0 Å². The van der Waals surface area contributed by atoms with Crippen molar-refractivity contribution < 1.29 is 0 Å². The molecular weight excluding hydrogens is 250 g/mol. The van der Waals surface area contributed by atoms with Crippen LogP contribution in [0.5, 0.6) is 0 Å². The predicted molar refractivity (Wildman–Crippen MR) is 82.5 cm³/mol. The molecule has 0 atom stereocenters. The highest BCUT2D eigenvalue weighted by molar-refractivity contribution is 7.15. The molecule has 0 aliphatic rings. The number of hydrogen-bond donors (Lipinski definition) is 0. The van der Waals surface area contributed by atoms with E-state index in [4.69, 9.17) is 0 Å². The first kappa shape index (κ1) is 12.1. The van der Waals surface area contributed by atoms with E-state index in [1.165, 1.54) is 21.6 Å². The Balaban J connectivity index is 2.21. The fourth-order valence-corrected chi connectivity index (χ4v) is 3.29. The molecule has 94 valence electrons. The average molecular weight is 265 g/mol. The van der Waals surface area contributed by atoms with Crippen LogP contribution >= 0.6 is 11.3 Å². The van der Waals surface area contributed by atoms with E-state index in [1.54, 1.807) is 11.3 Å². The van der Waals surface area contributed by atoms with Crippen molar-refractivity contribution in [3.63, 3.8) is 0 Å². The largest absolute Gasteiger partial charge is 0.246 e. The van der Waals surface area contributed by atoms with Gasteiger partial charge in [0.25, 0.3) is 0 Å². The van der Waals surface area contributed by atoms with Crippen molar-refractivity contribution in [2.75, 3.05) is 0 Å². The molecule has 3 rings (SSSR count). The summed E-state index contributed by atoms with van der Waals surface area (Å²) in [4.78, 5) is 5.82. The van der Waals surface area contributed by atoms with Crippen molar-refractivity contribution in [1.29, 1.82) is 0 Å². The van der Waals surface area contributed by atoms with Gasteiger partial charge in [-0.15, -0.1) is 11.3 Å². The molecule has 0 unspecified atom stereocenters. The summed E-state index contributed by atoms with van der Waals surface area (Å²) in [7, 11) is 0. The molecule has 1 aromatic heterocycles. The normalized spacial score (nSPS) is 10.6. The van der Waals surface area contributed by atoms with Gasteiger partial charge in [0.2, 0.25) is 0 Å². The monoisotopic (exact) mass is 265 g/mol. The van der Waals surface area contributed by atoms with Crippen molar-refractivity contribution >= 4 is 11.3 Å². The maximum absolute atomic E-state index is 4.54. The van der Waals surface area contributed by atoms with Gasteiger partial charge < -0.3 is 0 Å². The number of hydrogen-bond acceptors (Lipinski definition) is 2. The van der Waals surface area contributed by atoms with Crippen molar-refractivity contribution in [2.45, 2.75) is 13.8 Å². The Hall–Kier alpha value is -1.93. The van der Waals surface area contributed by atoms with Gasteiger partial charge in [0.1, 0.15) is 0 Å². The molecule has 1 nitrogen and oxygen atoms in total. The van der Waals surface area contributed by atoms with Crippen molar-refractivity contribution in [3.05, 3.63) is 65.3 Å². The number of thiazole rings is 1. The zero-order chi connectivity index (χ0) is 13.2. The smallest absolute Gasteiger partial charge is 0.0903 e. The highest BCUT2D eigenvalue weighted by Crippen LogP contribution is 2.36. The summed E-state index contributed by atoms with van der Waals surface area (Å²) in [5.74, 6) is 0. The average Bonchev–Trinajstić information content (AvgIpc) is 2.79. The van der Waals surface area contributed by atoms with Gasteiger partial charge in [0, 0.05) is 5.56 Å². The number of nitrogens with zero attached hydrogens (tertiary/aromatic N) is 1. The SMILES string of the molecule is Cc1nc(C)c(-c2ccccc2-c2ccccc2)s1. The Morgan fingerprint density at radius 3 is 2.05 bits per heavy atom. The van der Waals surface area contributed by atoms with E-state index < -0.39 is 0 Å². The quantitative estimate of drug-likeness (QED) is 0.628. The molecule has 0 N–H and O–H groups in total. The fourth-order valence-electron chi connectivity index (χ4n) is 2.33. The molecule has 0 fully saturated rings. The minimum absolute atomic E-state index is 1.12. The summed E-state index contributed by atoms with van der Waals surface area (Å²) < 4.78 is 0. The van der Waals surface area contributed by atoms with Crippen LogP contribution in [0.4, 0.5) is 0 Å². The van der Waals surface area contributed by atoms with Crippen LogP contribution in [-0.2, 0) is 0 Å². The third kappa shape index (κ3) is 2.32. The van der Waals surface area contributed by atoms with E-state index >= 15 is 0 Å². The van der Waals surface area contributed by atoms with Crippen LogP contribution < -0.4 is 0 Å². The van der Waals surface area contributed by atoms with Crippen LogP contribution in [0.15, 0.2) is 54.6 Å². The van der Waals surface area contributed by atoms with Gasteiger partial charge in [-0.05, 0) is 25.0 Å². The van der Waals surface area contributed by atoms with Crippen LogP contribution in [0.1, 0.15) is 10.7 Å². The lowest BCUT2D eigenvalue weighted by atomic mass is 9.98. The minimum atomic E-state index is 1.12. The topological polar surface area (TPSA) is 12.9 Å².